The minimum atomic E-state index is 0.552. The van der Waals surface area contributed by atoms with Crippen LogP contribution >= 0.6 is 0 Å². The van der Waals surface area contributed by atoms with Crippen LogP contribution in [0.4, 0.5) is 0 Å². The fraction of sp³-hybridized carbons (Fsp3) is 0.600. The smallest absolute Gasteiger partial charge is 0.0348 e. The van der Waals surface area contributed by atoms with E-state index >= 15 is 0 Å². The number of benzene rings is 1. The van der Waals surface area contributed by atoms with Gasteiger partial charge in [-0.15, -0.1) is 0 Å². The van der Waals surface area contributed by atoms with Gasteiger partial charge < -0.3 is 5.32 Å². The van der Waals surface area contributed by atoms with E-state index in [-0.39, 0.29) is 0 Å². The van der Waals surface area contributed by atoms with Crippen LogP contribution in [0.15, 0.2) is 24.3 Å². The first kappa shape index (κ1) is 11.7. The maximum absolute atomic E-state index is 3.46. The van der Waals surface area contributed by atoms with E-state index in [2.05, 4.69) is 57.4 Å². The summed E-state index contributed by atoms with van der Waals surface area (Å²) in [6.45, 7) is 6.83. The first-order chi connectivity index (χ1) is 7.63. The molecule has 0 heterocycles. The quantitative estimate of drug-likeness (QED) is 0.810. The molecular weight excluding hydrogens is 194 g/mol. The molecule has 0 amide bonds. The SMILES string of the molecule is CNC(c1ccc(C(C)C)cc1)C1CC1C. The molecule has 0 aliphatic heterocycles. The summed E-state index contributed by atoms with van der Waals surface area (Å²) in [5, 5.41) is 3.46. The van der Waals surface area contributed by atoms with Crippen LogP contribution in [0.3, 0.4) is 0 Å². The van der Waals surface area contributed by atoms with Crippen molar-refractivity contribution in [3.63, 3.8) is 0 Å². The van der Waals surface area contributed by atoms with E-state index in [1.807, 2.05) is 0 Å². The normalized spacial score (nSPS) is 25.8. The van der Waals surface area contributed by atoms with Crippen molar-refractivity contribution in [2.45, 2.75) is 39.2 Å². The molecule has 3 atom stereocenters. The standard InChI is InChI=1S/C15H23N/c1-10(2)12-5-7-13(8-6-12)15(16-4)14-9-11(14)3/h5-8,10-11,14-16H,9H2,1-4H3. The van der Waals surface area contributed by atoms with E-state index in [0.717, 1.165) is 11.8 Å². The topological polar surface area (TPSA) is 12.0 Å². The van der Waals surface area contributed by atoms with Crippen LogP contribution in [-0.4, -0.2) is 7.05 Å². The van der Waals surface area contributed by atoms with Crippen LogP contribution in [0.1, 0.15) is 50.3 Å². The van der Waals surface area contributed by atoms with Gasteiger partial charge in [0.2, 0.25) is 0 Å². The number of nitrogens with one attached hydrogen (secondary N) is 1. The highest BCUT2D eigenvalue weighted by Gasteiger charge is 2.39. The minimum Gasteiger partial charge on any atom is -0.313 e. The van der Waals surface area contributed by atoms with Crippen molar-refractivity contribution in [3.05, 3.63) is 35.4 Å². The fourth-order valence-electron chi connectivity index (χ4n) is 2.53. The summed E-state index contributed by atoms with van der Waals surface area (Å²) in [5.41, 5.74) is 2.88. The molecule has 1 N–H and O–H groups in total. The van der Waals surface area contributed by atoms with Crippen molar-refractivity contribution in [1.82, 2.24) is 5.32 Å². The number of hydrogen-bond donors (Lipinski definition) is 1. The predicted molar refractivity (Wildman–Crippen MR) is 69.6 cm³/mol. The van der Waals surface area contributed by atoms with Gasteiger partial charge >= 0.3 is 0 Å². The van der Waals surface area contributed by atoms with Gasteiger partial charge in [-0.1, -0.05) is 45.0 Å². The molecule has 3 unspecified atom stereocenters. The van der Waals surface area contributed by atoms with Crippen LogP contribution in [0.25, 0.3) is 0 Å². The third-order valence-corrected chi connectivity index (χ3v) is 3.87. The Balaban J connectivity index is 2.13. The van der Waals surface area contributed by atoms with Gasteiger partial charge in [0, 0.05) is 6.04 Å². The zero-order valence-corrected chi connectivity index (χ0v) is 10.8. The molecule has 1 aliphatic carbocycles. The van der Waals surface area contributed by atoms with Crippen molar-refractivity contribution in [1.29, 1.82) is 0 Å². The molecule has 0 saturated heterocycles. The Bertz CT molecular complexity index is 339. The summed E-state index contributed by atoms with van der Waals surface area (Å²) < 4.78 is 0. The summed E-state index contributed by atoms with van der Waals surface area (Å²) in [6.07, 6.45) is 1.37. The molecule has 1 aromatic rings. The van der Waals surface area contributed by atoms with Gasteiger partial charge in [0.05, 0.1) is 0 Å². The molecule has 0 radical (unpaired) electrons. The van der Waals surface area contributed by atoms with Gasteiger partial charge in [-0.05, 0) is 42.3 Å². The second kappa shape index (κ2) is 4.58. The maximum atomic E-state index is 3.46. The second-order valence-electron chi connectivity index (χ2n) is 5.46. The Morgan fingerprint density at radius 3 is 2.00 bits per heavy atom. The van der Waals surface area contributed by atoms with Gasteiger partial charge in [0.15, 0.2) is 0 Å². The summed E-state index contributed by atoms with van der Waals surface area (Å²) in [4.78, 5) is 0. The van der Waals surface area contributed by atoms with E-state index in [1.165, 1.54) is 17.5 Å². The molecule has 1 heteroatoms. The van der Waals surface area contributed by atoms with Crippen molar-refractivity contribution in [2.75, 3.05) is 7.05 Å². The predicted octanol–water partition coefficient (Wildman–Crippen LogP) is 3.73. The molecule has 0 aromatic heterocycles. The number of hydrogen-bond acceptors (Lipinski definition) is 1. The van der Waals surface area contributed by atoms with Crippen molar-refractivity contribution >= 4 is 0 Å². The summed E-state index contributed by atoms with van der Waals surface area (Å²) in [7, 11) is 2.08. The molecule has 1 saturated carbocycles. The van der Waals surface area contributed by atoms with E-state index < -0.39 is 0 Å². The van der Waals surface area contributed by atoms with Crippen LogP contribution in [-0.2, 0) is 0 Å². The lowest BCUT2D eigenvalue weighted by Gasteiger charge is -2.17. The lowest BCUT2D eigenvalue weighted by molar-refractivity contribution is 0.504. The molecule has 0 spiro atoms. The molecular formula is C15H23N. The molecule has 1 fully saturated rings. The van der Waals surface area contributed by atoms with E-state index in [4.69, 9.17) is 0 Å². The summed E-state index contributed by atoms with van der Waals surface area (Å²) >= 11 is 0. The highest BCUT2D eigenvalue weighted by atomic mass is 14.9. The monoisotopic (exact) mass is 217 g/mol. The van der Waals surface area contributed by atoms with Gasteiger partial charge in [0.25, 0.3) is 0 Å². The van der Waals surface area contributed by atoms with Crippen LogP contribution in [0.2, 0.25) is 0 Å². The first-order valence-corrected chi connectivity index (χ1v) is 6.40. The Morgan fingerprint density at radius 2 is 1.62 bits per heavy atom. The molecule has 16 heavy (non-hydrogen) atoms. The van der Waals surface area contributed by atoms with Crippen LogP contribution in [0.5, 0.6) is 0 Å². The third-order valence-electron chi connectivity index (χ3n) is 3.87. The molecule has 0 bridgehead atoms. The maximum Gasteiger partial charge on any atom is 0.0348 e. The average molecular weight is 217 g/mol. The summed E-state index contributed by atoms with van der Waals surface area (Å²) in [5.74, 6) is 2.36. The van der Waals surface area contributed by atoms with Gasteiger partial charge in [-0.3, -0.25) is 0 Å². The van der Waals surface area contributed by atoms with E-state index in [1.54, 1.807) is 0 Å². The molecule has 2 rings (SSSR count). The second-order valence-corrected chi connectivity index (χ2v) is 5.46. The highest BCUT2D eigenvalue weighted by molar-refractivity contribution is 5.28. The van der Waals surface area contributed by atoms with E-state index in [0.29, 0.717) is 12.0 Å². The van der Waals surface area contributed by atoms with Crippen molar-refractivity contribution < 1.29 is 0 Å². The van der Waals surface area contributed by atoms with Crippen molar-refractivity contribution in [2.24, 2.45) is 11.8 Å². The molecule has 88 valence electrons. The Hall–Kier alpha value is -0.820. The Labute approximate surface area is 99.3 Å². The minimum absolute atomic E-state index is 0.552. The molecule has 1 aromatic carbocycles. The molecule has 1 nitrogen and oxygen atoms in total. The van der Waals surface area contributed by atoms with Gasteiger partial charge in [0.1, 0.15) is 0 Å². The van der Waals surface area contributed by atoms with Gasteiger partial charge in [-0.2, -0.15) is 0 Å². The average Bonchev–Trinajstić information content (AvgIpc) is 2.97. The lowest BCUT2D eigenvalue weighted by Crippen LogP contribution is -2.19. The van der Waals surface area contributed by atoms with E-state index in [9.17, 15) is 0 Å². The Kier molecular flexibility index (Phi) is 3.34. The summed E-state index contributed by atoms with van der Waals surface area (Å²) in [6, 6.07) is 9.69. The van der Waals surface area contributed by atoms with Gasteiger partial charge in [-0.25, -0.2) is 0 Å². The highest BCUT2D eigenvalue weighted by Crippen LogP contribution is 2.46. The zero-order chi connectivity index (χ0) is 11.7. The third kappa shape index (κ3) is 2.30. The Morgan fingerprint density at radius 1 is 1.12 bits per heavy atom. The first-order valence-electron chi connectivity index (χ1n) is 6.40. The largest absolute Gasteiger partial charge is 0.313 e. The van der Waals surface area contributed by atoms with Crippen LogP contribution in [0, 0.1) is 11.8 Å². The lowest BCUT2D eigenvalue weighted by atomic mass is 9.96. The molecule has 1 aliphatic rings. The number of rotatable bonds is 4. The van der Waals surface area contributed by atoms with Crippen molar-refractivity contribution in [3.8, 4) is 0 Å². The fourth-order valence-corrected chi connectivity index (χ4v) is 2.53. The van der Waals surface area contributed by atoms with Crippen LogP contribution < -0.4 is 5.32 Å². The zero-order valence-electron chi connectivity index (χ0n) is 10.8.